The van der Waals surface area contributed by atoms with Gasteiger partial charge in [-0.2, -0.15) is 0 Å². The van der Waals surface area contributed by atoms with E-state index in [0.717, 1.165) is 12.3 Å². The molecule has 1 saturated carbocycles. The summed E-state index contributed by atoms with van der Waals surface area (Å²) in [4.78, 5) is 3.94. The Morgan fingerprint density at radius 2 is 2.30 bits per heavy atom. The van der Waals surface area contributed by atoms with Gasteiger partial charge in [-0.15, -0.1) is 0 Å². The summed E-state index contributed by atoms with van der Waals surface area (Å²) in [6.45, 7) is 2.04. The van der Waals surface area contributed by atoms with E-state index in [1.54, 1.807) is 7.05 Å². The summed E-state index contributed by atoms with van der Waals surface area (Å²) in [6, 6.07) is 0. The number of hydrogen-bond donors (Lipinski definition) is 1. The van der Waals surface area contributed by atoms with Crippen molar-refractivity contribution < 1.29 is 0 Å². The van der Waals surface area contributed by atoms with E-state index in [1.165, 1.54) is 12.8 Å². The fourth-order valence-electron chi connectivity index (χ4n) is 1.29. The van der Waals surface area contributed by atoms with Crippen LogP contribution in [0.1, 0.15) is 26.2 Å². The Bertz CT molecular complexity index is 134. The lowest BCUT2D eigenvalue weighted by Gasteiger charge is -2.18. The van der Waals surface area contributed by atoms with Gasteiger partial charge in [-0.05, 0) is 19.3 Å². The predicted molar refractivity (Wildman–Crippen MR) is 44.3 cm³/mol. The van der Waals surface area contributed by atoms with Gasteiger partial charge in [0.1, 0.15) is 0 Å². The fraction of sp³-hybridized carbons (Fsp3) is 0.875. The van der Waals surface area contributed by atoms with E-state index in [-0.39, 0.29) is 5.54 Å². The van der Waals surface area contributed by atoms with Crippen molar-refractivity contribution in [3.63, 3.8) is 0 Å². The molecule has 2 heteroatoms. The number of nitrogens with zero attached hydrogens (tertiary/aromatic N) is 1. The minimum atomic E-state index is -0.157. The highest BCUT2D eigenvalue weighted by Gasteiger charge is 2.28. The van der Waals surface area contributed by atoms with Crippen molar-refractivity contribution in [1.29, 1.82) is 0 Å². The van der Waals surface area contributed by atoms with E-state index < -0.39 is 0 Å². The van der Waals surface area contributed by atoms with Crippen molar-refractivity contribution in [2.45, 2.75) is 31.7 Å². The van der Waals surface area contributed by atoms with Crippen LogP contribution in [0.25, 0.3) is 0 Å². The minimum absolute atomic E-state index is 0.157. The van der Waals surface area contributed by atoms with E-state index in [9.17, 15) is 0 Å². The monoisotopic (exact) mass is 140 g/mol. The van der Waals surface area contributed by atoms with Crippen LogP contribution in [-0.4, -0.2) is 18.8 Å². The van der Waals surface area contributed by atoms with Gasteiger partial charge < -0.3 is 5.73 Å². The molecule has 0 aromatic carbocycles. The maximum Gasteiger partial charge on any atom is 0.0483 e. The SMILES string of the molecule is CN=CC(C)(N)CC1CC1. The molecule has 0 heterocycles. The van der Waals surface area contributed by atoms with Crippen LogP contribution in [0.4, 0.5) is 0 Å². The summed E-state index contributed by atoms with van der Waals surface area (Å²) < 4.78 is 0. The Morgan fingerprint density at radius 3 is 2.70 bits per heavy atom. The molecule has 0 saturated heterocycles. The van der Waals surface area contributed by atoms with Gasteiger partial charge in [0.25, 0.3) is 0 Å². The van der Waals surface area contributed by atoms with E-state index in [0.29, 0.717) is 0 Å². The molecular formula is C8H16N2. The van der Waals surface area contributed by atoms with Crippen molar-refractivity contribution in [3.8, 4) is 0 Å². The molecule has 0 aliphatic heterocycles. The molecule has 10 heavy (non-hydrogen) atoms. The van der Waals surface area contributed by atoms with Crippen LogP contribution >= 0.6 is 0 Å². The molecule has 0 spiro atoms. The first kappa shape index (κ1) is 7.73. The highest BCUT2D eigenvalue weighted by atomic mass is 14.8. The topological polar surface area (TPSA) is 38.4 Å². The zero-order valence-corrected chi connectivity index (χ0v) is 6.80. The van der Waals surface area contributed by atoms with E-state index in [1.807, 2.05) is 13.1 Å². The van der Waals surface area contributed by atoms with Crippen LogP contribution < -0.4 is 5.73 Å². The lowest BCUT2D eigenvalue weighted by molar-refractivity contribution is 0.536. The van der Waals surface area contributed by atoms with Crippen LogP contribution in [0.2, 0.25) is 0 Å². The van der Waals surface area contributed by atoms with Gasteiger partial charge >= 0.3 is 0 Å². The fourth-order valence-corrected chi connectivity index (χ4v) is 1.29. The quantitative estimate of drug-likeness (QED) is 0.588. The zero-order valence-electron chi connectivity index (χ0n) is 6.80. The van der Waals surface area contributed by atoms with Crippen LogP contribution in [-0.2, 0) is 0 Å². The van der Waals surface area contributed by atoms with Gasteiger partial charge in [0.2, 0.25) is 0 Å². The Labute approximate surface area is 62.5 Å². The highest BCUT2D eigenvalue weighted by Crippen LogP contribution is 2.35. The normalized spacial score (nSPS) is 25.1. The number of nitrogens with two attached hydrogens (primary N) is 1. The summed E-state index contributed by atoms with van der Waals surface area (Å²) in [5.74, 6) is 0.882. The predicted octanol–water partition coefficient (Wildman–Crippen LogP) is 1.20. The van der Waals surface area contributed by atoms with Crippen LogP contribution in [0.5, 0.6) is 0 Å². The Morgan fingerprint density at radius 1 is 1.70 bits per heavy atom. The summed E-state index contributed by atoms with van der Waals surface area (Å²) in [5, 5.41) is 0. The van der Waals surface area contributed by atoms with Crippen LogP contribution in [0.3, 0.4) is 0 Å². The molecule has 58 valence electrons. The average molecular weight is 140 g/mol. The molecule has 0 bridgehead atoms. The molecule has 2 nitrogen and oxygen atoms in total. The molecule has 1 atom stereocenters. The second-order valence-corrected chi connectivity index (χ2v) is 3.54. The second-order valence-electron chi connectivity index (χ2n) is 3.54. The Hall–Kier alpha value is -0.370. The summed E-state index contributed by atoms with van der Waals surface area (Å²) in [7, 11) is 1.78. The molecule has 1 unspecified atom stereocenters. The van der Waals surface area contributed by atoms with Gasteiger partial charge in [0, 0.05) is 18.8 Å². The molecule has 1 aliphatic carbocycles. The molecule has 0 amide bonds. The molecule has 1 rings (SSSR count). The molecule has 2 N–H and O–H groups in total. The third-order valence-corrected chi connectivity index (χ3v) is 1.85. The van der Waals surface area contributed by atoms with Crippen LogP contribution in [0, 0.1) is 5.92 Å². The van der Waals surface area contributed by atoms with Crippen molar-refractivity contribution in [1.82, 2.24) is 0 Å². The van der Waals surface area contributed by atoms with E-state index >= 15 is 0 Å². The maximum absolute atomic E-state index is 5.92. The summed E-state index contributed by atoms with van der Waals surface area (Å²) in [5.41, 5.74) is 5.76. The van der Waals surface area contributed by atoms with Gasteiger partial charge in [0.05, 0.1) is 0 Å². The lowest BCUT2D eigenvalue weighted by atomic mass is 9.98. The molecule has 1 fully saturated rings. The third kappa shape index (κ3) is 2.48. The molecule has 1 aliphatic rings. The second kappa shape index (κ2) is 2.70. The lowest BCUT2D eigenvalue weighted by Crippen LogP contribution is -2.38. The number of rotatable bonds is 3. The van der Waals surface area contributed by atoms with Gasteiger partial charge in [-0.1, -0.05) is 12.8 Å². The van der Waals surface area contributed by atoms with E-state index in [2.05, 4.69) is 4.99 Å². The molecule has 0 radical (unpaired) electrons. The highest BCUT2D eigenvalue weighted by molar-refractivity contribution is 5.69. The maximum atomic E-state index is 5.92. The zero-order chi connectivity index (χ0) is 7.61. The standard InChI is InChI=1S/C8H16N2/c1-8(9,6-10-2)5-7-3-4-7/h6-7H,3-5,9H2,1-2H3. The van der Waals surface area contributed by atoms with Gasteiger partial charge in [0.15, 0.2) is 0 Å². The van der Waals surface area contributed by atoms with Gasteiger partial charge in [-0.25, -0.2) is 0 Å². The summed E-state index contributed by atoms with van der Waals surface area (Å²) >= 11 is 0. The van der Waals surface area contributed by atoms with Crippen molar-refractivity contribution in [2.24, 2.45) is 16.6 Å². The Balaban J connectivity index is 2.32. The first-order chi connectivity index (χ1) is 4.64. The first-order valence-electron chi connectivity index (χ1n) is 3.86. The molecule has 0 aromatic heterocycles. The largest absolute Gasteiger partial charge is 0.321 e. The third-order valence-electron chi connectivity index (χ3n) is 1.85. The Kier molecular flexibility index (Phi) is 2.09. The first-order valence-corrected chi connectivity index (χ1v) is 3.86. The van der Waals surface area contributed by atoms with Crippen molar-refractivity contribution >= 4 is 6.21 Å². The average Bonchev–Trinajstić information content (AvgIpc) is 2.48. The van der Waals surface area contributed by atoms with Gasteiger partial charge in [-0.3, -0.25) is 4.99 Å². The number of hydrogen-bond acceptors (Lipinski definition) is 2. The van der Waals surface area contributed by atoms with Crippen molar-refractivity contribution in [3.05, 3.63) is 0 Å². The molecule has 0 aromatic rings. The number of aliphatic imine (C=N–C) groups is 1. The van der Waals surface area contributed by atoms with E-state index in [4.69, 9.17) is 5.73 Å². The van der Waals surface area contributed by atoms with Crippen LogP contribution in [0.15, 0.2) is 4.99 Å². The molecular weight excluding hydrogens is 124 g/mol. The smallest absolute Gasteiger partial charge is 0.0483 e. The minimum Gasteiger partial charge on any atom is -0.321 e. The summed E-state index contributed by atoms with van der Waals surface area (Å²) in [6.07, 6.45) is 5.68. The van der Waals surface area contributed by atoms with Crippen molar-refractivity contribution in [2.75, 3.05) is 7.05 Å².